The molecule has 27 heteroatoms. The van der Waals surface area contributed by atoms with Crippen molar-refractivity contribution in [3.63, 3.8) is 0 Å². The number of hydrogen-bond acceptors (Lipinski definition) is 14. The highest BCUT2D eigenvalue weighted by Gasteiger charge is 2.34. The predicted octanol–water partition coefficient (Wildman–Crippen LogP) is -6.26. The summed E-state index contributed by atoms with van der Waals surface area (Å²) in [6.07, 6.45) is 2.58. The molecule has 1 aliphatic heterocycles. The molecule has 7 atom stereocenters. The van der Waals surface area contributed by atoms with Gasteiger partial charge in [-0.3, -0.25) is 48.3 Å². The van der Waals surface area contributed by atoms with Gasteiger partial charge in [-0.25, -0.2) is 4.79 Å². The maximum absolute atomic E-state index is 14.1. The van der Waals surface area contributed by atoms with Crippen molar-refractivity contribution >= 4 is 65.1 Å². The Hall–Kier alpha value is -6.35. The maximum atomic E-state index is 14.1. The van der Waals surface area contributed by atoms with Crippen molar-refractivity contribution in [1.82, 2.24) is 42.5 Å². The molecule has 380 valence electrons. The number of carbonyl (C=O) groups excluding carboxylic acids is 8. The van der Waals surface area contributed by atoms with Gasteiger partial charge in [0.05, 0.1) is 19.0 Å². The second-order valence-corrected chi connectivity index (χ2v) is 16.4. The predicted molar refractivity (Wildman–Crippen MR) is 248 cm³/mol. The largest absolute Gasteiger partial charge is 0.480 e. The van der Waals surface area contributed by atoms with E-state index < -0.39 is 103 Å². The lowest BCUT2D eigenvalue weighted by atomic mass is 10.0. The number of nitrogens with two attached hydrogens (primary N) is 7. The molecule has 1 aliphatic rings. The Bertz CT molecular complexity index is 1700. The number of hydrogen-bond donors (Lipinski definition) is 16. The molecule has 67 heavy (non-hydrogen) atoms. The van der Waals surface area contributed by atoms with Crippen LogP contribution in [0.4, 0.5) is 0 Å². The molecule has 27 nitrogen and oxygen atoms in total. The van der Waals surface area contributed by atoms with Gasteiger partial charge in [-0.15, -0.1) is 0 Å². The first-order chi connectivity index (χ1) is 31.7. The molecular weight excluding hydrogens is 879 g/mol. The van der Waals surface area contributed by atoms with E-state index in [0.29, 0.717) is 45.2 Å². The highest BCUT2D eigenvalue weighted by molar-refractivity contribution is 5.97. The van der Waals surface area contributed by atoms with E-state index in [2.05, 4.69) is 52.5 Å². The van der Waals surface area contributed by atoms with Gasteiger partial charge in [-0.2, -0.15) is 0 Å². The SMILES string of the molecule is CC(C)C(NC(=O)C1CCCN1)C(=O)NCC(=O)NC(CCCCN)C(=O)NC(CCCCN)C(=O)NC(CCCN=C(N)N)C(=O)NC(CCCN=C(N)N)C(=O)NC(CC(N)=O)C(=O)O. The standard InChI is InChI=1S/C40H75N17O10/c1-22(2)31(57-32(60)23-12-7-17-48-23)37(65)51-21-30(59)52-24(10-3-5-15-41)33(61)53-25(11-4-6-16-42)34(62)54-26(13-8-18-49-39(44)45)35(63)55-27(14-9-19-50-40(46)47)36(64)56-28(38(66)67)20-29(43)58/h22-28,31,48H,3-21,41-42H2,1-2H3,(H2,43,58)(H,51,65)(H,52,59)(H,53,61)(H,54,62)(H,55,63)(H,56,64)(H,57,60)(H,66,67)(H4,44,45,49)(H4,46,47,50). The number of carboxylic acid groups (broad SMARTS) is 1. The van der Waals surface area contributed by atoms with E-state index in [1.165, 1.54) is 0 Å². The van der Waals surface area contributed by atoms with Crippen molar-refractivity contribution in [2.75, 3.05) is 39.3 Å². The van der Waals surface area contributed by atoms with E-state index in [1.54, 1.807) is 13.8 Å². The number of nitrogens with one attached hydrogen (secondary N) is 8. The molecule has 0 spiro atoms. The fraction of sp³-hybridized carbons (Fsp3) is 0.725. The zero-order valence-corrected chi connectivity index (χ0v) is 38.6. The van der Waals surface area contributed by atoms with Gasteiger partial charge in [0.2, 0.25) is 47.3 Å². The molecule has 7 unspecified atom stereocenters. The van der Waals surface area contributed by atoms with Gasteiger partial charge >= 0.3 is 5.97 Å². The zero-order chi connectivity index (χ0) is 50.5. The summed E-state index contributed by atoms with van der Waals surface area (Å²) >= 11 is 0. The molecule has 1 fully saturated rings. The van der Waals surface area contributed by atoms with E-state index >= 15 is 0 Å². The number of rotatable bonds is 34. The molecule has 0 radical (unpaired) electrons. The average Bonchev–Trinajstić information content (AvgIpc) is 3.81. The quantitative estimate of drug-likeness (QED) is 0.0162. The summed E-state index contributed by atoms with van der Waals surface area (Å²) in [4.78, 5) is 126. The van der Waals surface area contributed by atoms with E-state index in [-0.39, 0.29) is 81.9 Å². The van der Waals surface area contributed by atoms with Gasteiger partial charge in [0, 0.05) is 13.1 Å². The van der Waals surface area contributed by atoms with Gasteiger partial charge in [-0.1, -0.05) is 13.8 Å². The lowest BCUT2D eigenvalue weighted by Crippen LogP contribution is -2.59. The number of carboxylic acids is 1. The van der Waals surface area contributed by atoms with Crippen LogP contribution in [0.1, 0.15) is 97.3 Å². The summed E-state index contributed by atoms with van der Waals surface area (Å²) in [7, 11) is 0. The van der Waals surface area contributed by atoms with Crippen LogP contribution in [0.3, 0.4) is 0 Å². The summed E-state index contributed by atoms with van der Waals surface area (Å²) in [6, 6.07) is -8.39. The number of aliphatic imine (C=N–C) groups is 2. The second kappa shape index (κ2) is 32.3. The third-order valence-electron chi connectivity index (χ3n) is 10.4. The number of nitrogens with zero attached hydrogens (tertiary/aromatic N) is 2. The fourth-order valence-electron chi connectivity index (χ4n) is 6.78. The molecule has 0 saturated carbocycles. The van der Waals surface area contributed by atoms with Crippen molar-refractivity contribution in [3.05, 3.63) is 0 Å². The van der Waals surface area contributed by atoms with Gasteiger partial charge in [-0.05, 0) is 103 Å². The lowest BCUT2D eigenvalue weighted by Gasteiger charge is -2.27. The third-order valence-corrected chi connectivity index (χ3v) is 10.4. The van der Waals surface area contributed by atoms with Crippen LogP contribution in [0.15, 0.2) is 9.98 Å². The normalized spacial score (nSPS) is 15.8. The molecule has 0 aliphatic carbocycles. The molecule has 0 aromatic heterocycles. The smallest absolute Gasteiger partial charge is 0.326 e. The summed E-state index contributed by atoms with van der Waals surface area (Å²) in [6.45, 7) is 4.24. The third kappa shape index (κ3) is 24.7. The molecule has 0 aromatic rings. The minimum atomic E-state index is -1.73. The molecule has 1 rings (SSSR count). The highest BCUT2D eigenvalue weighted by atomic mass is 16.4. The summed E-state index contributed by atoms with van der Waals surface area (Å²) in [5, 5.41) is 30.6. The fourth-order valence-corrected chi connectivity index (χ4v) is 6.78. The van der Waals surface area contributed by atoms with Crippen molar-refractivity contribution in [2.24, 2.45) is 56.0 Å². The molecule has 8 amide bonds. The van der Waals surface area contributed by atoms with Crippen LogP contribution in [-0.4, -0.2) is 152 Å². The summed E-state index contributed by atoms with van der Waals surface area (Å²) < 4.78 is 0. The van der Waals surface area contributed by atoms with Crippen LogP contribution in [-0.2, 0) is 43.2 Å². The Balaban J connectivity index is 3.36. The molecule has 1 heterocycles. The van der Waals surface area contributed by atoms with Gasteiger partial charge in [0.15, 0.2) is 11.9 Å². The minimum Gasteiger partial charge on any atom is -0.480 e. The number of unbranched alkanes of at least 4 members (excludes halogenated alkanes) is 2. The van der Waals surface area contributed by atoms with Crippen LogP contribution in [0, 0.1) is 5.92 Å². The maximum Gasteiger partial charge on any atom is 0.326 e. The molecule has 0 aromatic carbocycles. The Kier molecular flexibility index (Phi) is 28.3. The Morgan fingerprint density at radius 1 is 0.597 bits per heavy atom. The minimum absolute atomic E-state index is 0.0213. The number of guanidine groups is 2. The summed E-state index contributed by atoms with van der Waals surface area (Å²) in [5.41, 5.74) is 38.3. The number of carbonyl (C=O) groups is 9. The van der Waals surface area contributed by atoms with Crippen LogP contribution < -0.4 is 82.7 Å². The van der Waals surface area contributed by atoms with Gasteiger partial charge in [0.25, 0.3) is 0 Å². The average molecular weight is 954 g/mol. The monoisotopic (exact) mass is 954 g/mol. The van der Waals surface area contributed by atoms with Gasteiger partial charge < -0.3 is 87.8 Å². The molecular formula is C40H75N17O10. The van der Waals surface area contributed by atoms with E-state index in [0.717, 1.165) is 6.42 Å². The van der Waals surface area contributed by atoms with Crippen molar-refractivity contribution < 1.29 is 48.3 Å². The van der Waals surface area contributed by atoms with Crippen LogP contribution in [0.5, 0.6) is 0 Å². The van der Waals surface area contributed by atoms with E-state index in [1.807, 2.05) is 0 Å². The molecule has 1 saturated heterocycles. The topological polar surface area (TPSA) is 477 Å². The van der Waals surface area contributed by atoms with Crippen LogP contribution >= 0.6 is 0 Å². The number of amides is 8. The number of aliphatic carboxylic acids is 1. The Morgan fingerprint density at radius 3 is 1.40 bits per heavy atom. The van der Waals surface area contributed by atoms with Gasteiger partial charge in [0.1, 0.15) is 36.3 Å². The first-order valence-corrected chi connectivity index (χ1v) is 22.5. The molecule has 23 N–H and O–H groups in total. The van der Waals surface area contributed by atoms with Crippen molar-refractivity contribution in [3.8, 4) is 0 Å². The Morgan fingerprint density at radius 2 is 1.03 bits per heavy atom. The van der Waals surface area contributed by atoms with E-state index in [4.69, 9.17) is 40.1 Å². The first-order valence-electron chi connectivity index (χ1n) is 22.5. The molecule has 0 bridgehead atoms. The number of primary amides is 1. The first kappa shape index (κ1) is 58.7. The van der Waals surface area contributed by atoms with Crippen LogP contribution in [0.2, 0.25) is 0 Å². The van der Waals surface area contributed by atoms with Crippen molar-refractivity contribution in [1.29, 1.82) is 0 Å². The second-order valence-electron chi connectivity index (χ2n) is 16.4. The summed E-state index contributed by atoms with van der Waals surface area (Å²) in [5.74, 6) is -8.46. The highest BCUT2D eigenvalue weighted by Crippen LogP contribution is 2.11. The Labute approximate surface area is 390 Å². The van der Waals surface area contributed by atoms with E-state index in [9.17, 15) is 48.3 Å². The zero-order valence-electron chi connectivity index (χ0n) is 38.6. The van der Waals surface area contributed by atoms with Crippen molar-refractivity contribution in [2.45, 2.75) is 140 Å². The lowest BCUT2D eigenvalue weighted by molar-refractivity contribution is -0.143. The van der Waals surface area contributed by atoms with Crippen LogP contribution in [0.25, 0.3) is 0 Å².